The highest BCUT2D eigenvalue weighted by atomic mass is 35.5. The van der Waals surface area contributed by atoms with E-state index < -0.39 is 0 Å². The van der Waals surface area contributed by atoms with Crippen molar-refractivity contribution >= 4 is 40.7 Å². The summed E-state index contributed by atoms with van der Waals surface area (Å²) in [6.07, 6.45) is 2.68. The number of piperazine rings is 1. The summed E-state index contributed by atoms with van der Waals surface area (Å²) < 4.78 is 0. The molecule has 0 spiro atoms. The van der Waals surface area contributed by atoms with Crippen LogP contribution in [0.25, 0.3) is 0 Å². The largest absolute Gasteiger partial charge is 0.329 e. The third kappa shape index (κ3) is 2.38. The maximum Gasteiger partial charge on any atom is 0.250 e. The minimum Gasteiger partial charge on any atom is -0.329 e. The lowest BCUT2D eigenvalue weighted by Gasteiger charge is -2.42. The molecule has 2 amide bonds. The van der Waals surface area contributed by atoms with Gasteiger partial charge in [-0.2, -0.15) is 0 Å². The number of benzene rings is 1. The maximum atomic E-state index is 12.6. The van der Waals surface area contributed by atoms with Crippen molar-refractivity contribution in [3.63, 3.8) is 0 Å². The lowest BCUT2D eigenvalue weighted by Crippen LogP contribution is -2.61. The van der Waals surface area contributed by atoms with Gasteiger partial charge in [0.2, 0.25) is 11.8 Å². The number of nitrogens with zero attached hydrogens (tertiary/aromatic N) is 2. The van der Waals surface area contributed by atoms with Gasteiger partial charge in [-0.1, -0.05) is 23.2 Å². The van der Waals surface area contributed by atoms with Gasteiger partial charge < -0.3 is 9.80 Å². The zero-order chi connectivity index (χ0) is 14.3. The van der Waals surface area contributed by atoms with E-state index in [9.17, 15) is 9.59 Å². The van der Waals surface area contributed by atoms with Gasteiger partial charge in [-0.25, -0.2) is 0 Å². The molecule has 1 unspecified atom stereocenters. The van der Waals surface area contributed by atoms with E-state index in [0.717, 1.165) is 19.3 Å². The monoisotopic (exact) mass is 312 g/mol. The molecule has 6 heteroatoms. The van der Waals surface area contributed by atoms with Crippen LogP contribution in [0.4, 0.5) is 5.69 Å². The molecule has 0 aliphatic carbocycles. The Labute approximate surface area is 127 Å². The molecule has 1 aromatic rings. The first-order valence-corrected chi connectivity index (χ1v) is 7.39. The van der Waals surface area contributed by atoms with Crippen LogP contribution in [0.3, 0.4) is 0 Å². The minimum absolute atomic E-state index is 0.00889. The Hall–Kier alpha value is -1.26. The third-order valence-corrected chi connectivity index (χ3v) is 4.26. The first-order valence-electron chi connectivity index (χ1n) is 6.63. The van der Waals surface area contributed by atoms with E-state index >= 15 is 0 Å². The van der Waals surface area contributed by atoms with Crippen molar-refractivity contribution in [1.29, 1.82) is 0 Å². The molecule has 4 nitrogen and oxygen atoms in total. The Bertz CT molecular complexity index is 556. The molecule has 0 aromatic heterocycles. The summed E-state index contributed by atoms with van der Waals surface area (Å²) in [4.78, 5) is 28.0. The van der Waals surface area contributed by atoms with Crippen molar-refractivity contribution in [3.8, 4) is 0 Å². The van der Waals surface area contributed by atoms with E-state index in [-0.39, 0.29) is 24.4 Å². The summed E-state index contributed by atoms with van der Waals surface area (Å²) in [5.74, 6) is -0.0481. The highest BCUT2D eigenvalue weighted by molar-refractivity contribution is 6.35. The fourth-order valence-corrected chi connectivity index (χ4v) is 3.40. The summed E-state index contributed by atoms with van der Waals surface area (Å²) in [5.41, 5.74) is 0.589. The maximum absolute atomic E-state index is 12.6. The van der Waals surface area contributed by atoms with Crippen molar-refractivity contribution < 1.29 is 9.59 Å². The first kappa shape index (κ1) is 13.7. The zero-order valence-corrected chi connectivity index (χ0v) is 12.3. The fourth-order valence-electron chi connectivity index (χ4n) is 2.88. The predicted octanol–water partition coefficient (Wildman–Crippen LogP) is 2.72. The van der Waals surface area contributed by atoms with E-state index in [1.165, 1.54) is 4.90 Å². The number of rotatable bonds is 1. The van der Waals surface area contributed by atoms with Crippen molar-refractivity contribution in [2.45, 2.75) is 25.3 Å². The van der Waals surface area contributed by atoms with E-state index in [1.54, 1.807) is 23.1 Å². The second-order valence-corrected chi connectivity index (χ2v) is 6.02. The SMILES string of the molecule is O=C1C2CCCCN2C(=O)CN1c1cc(Cl)cc(Cl)c1. The Balaban J connectivity index is 1.94. The van der Waals surface area contributed by atoms with Gasteiger partial charge in [0.15, 0.2) is 0 Å². The number of anilines is 1. The van der Waals surface area contributed by atoms with Crippen LogP contribution >= 0.6 is 23.2 Å². The zero-order valence-electron chi connectivity index (χ0n) is 10.8. The molecular weight excluding hydrogens is 299 g/mol. The molecule has 0 N–H and O–H groups in total. The lowest BCUT2D eigenvalue weighted by molar-refractivity contribution is -0.144. The first-order chi connectivity index (χ1) is 9.56. The van der Waals surface area contributed by atoms with E-state index in [1.807, 2.05) is 0 Å². The molecule has 2 saturated heterocycles. The number of hydrogen-bond acceptors (Lipinski definition) is 2. The Morgan fingerprint density at radius 3 is 2.45 bits per heavy atom. The van der Waals surface area contributed by atoms with E-state index in [0.29, 0.717) is 22.3 Å². The van der Waals surface area contributed by atoms with Crippen molar-refractivity contribution in [2.24, 2.45) is 0 Å². The summed E-state index contributed by atoms with van der Waals surface area (Å²) in [7, 11) is 0. The van der Waals surface area contributed by atoms with Gasteiger partial charge in [0.25, 0.3) is 0 Å². The number of amides is 2. The van der Waals surface area contributed by atoms with Crippen LogP contribution in [-0.2, 0) is 9.59 Å². The summed E-state index contributed by atoms with van der Waals surface area (Å²) in [6, 6.07) is 4.60. The normalized spacial score (nSPS) is 23.0. The molecule has 2 aliphatic heterocycles. The lowest BCUT2D eigenvalue weighted by atomic mass is 9.98. The molecule has 20 heavy (non-hydrogen) atoms. The molecule has 3 rings (SSSR count). The van der Waals surface area contributed by atoms with Gasteiger partial charge in [0, 0.05) is 22.3 Å². The minimum atomic E-state index is -0.331. The van der Waals surface area contributed by atoms with Gasteiger partial charge in [0.1, 0.15) is 12.6 Å². The predicted molar refractivity (Wildman–Crippen MR) is 78.2 cm³/mol. The van der Waals surface area contributed by atoms with Crippen LogP contribution in [0, 0.1) is 0 Å². The average Bonchev–Trinajstić information content (AvgIpc) is 2.42. The smallest absolute Gasteiger partial charge is 0.250 e. The average molecular weight is 313 g/mol. The molecule has 2 heterocycles. The quantitative estimate of drug-likeness (QED) is 0.800. The van der Waals surface area contributed by atoms with Gasteiger partial charge in [-0.3, -0.25) is 9.59 Å². The van der Waals surface area contributed by atoms with Crippen LogP contribution in [0.15, 0.2) is 18.2 Å². The van der Waals surface area contributed by atoms with E-state index in [4.69, 9.17) is 23.2 Å². The summed E-state index contributed by atoms with van der Waals surface area (Å²) in [5, 5.41) is 0.914. The van der Waals surface area contributed by atoms with Crippen LogP contribution in [0.2, 0.25) is 10.0 Å². The molecule has 0 saturated carbocycles. The number of hydrogen-bond donors (Lipinski definition) is 0. The van der Waals surface area contributed by atoms with Gasteiger partial charge >= 0.3 is 0 Å². The number of carbonyl (C=O) groups is 2. The van der Waals surface area contributed by atoms with E-state index in [2.05, 4.69) is 0 Å². The van der Waals surface area contributed by atoms with Crippen molar-refractivity contribution in [1.82, 2.24) is 4.90 Å². The Morgan fingerprint density at radius 1 is 1.05 bits per heavy atom. The molecular formula is C14H14Cl2N2O2. The molecule has 2 aliphatic rings. The summed E-state index contributed by atoms with van der Waals surface area (Å²) >= 11 is 11.9. The third-order valence-electron chi connectivity index (χ3n) is 3.83. The molecule has 106 valence electrons. The summed E-state index contributed by atoms with van der Waals surface area (Å²) in [6.45, 7) is 0.741. The second-order valence-electron chi connectivity index (χ2n) is 5.15. The van der Waals surface area contributed by atoms with Crippen LogP contribution in [0.5, 0.6) is 0 Å². The second kappa shape index (κ2) is 5.26. The van der Waals surface area contributed by atoms with Gasteiger partial charge in [-0.15, -0.1) is 0 Å². The highest BCUT2D eigenvalue weighted by Gasteiger charge is 2.40. The highest BCUT2D eigenvalue weighted by Crippen LogP contribution is 2.30. The number of piperidine rings is 1. The topological polar surface area (TPSA) is 40.6 Å². The number of carbonyl (C=O) groups excluding carboxylic acids is 2. The van der Waals surface area contributed by atoms with Crippen LogP contribution in [0.1, 0.15) is 19.3 Å². The number of fused-ring (bicyclic) bond motifs is 1. The molecule has 2 fully saturated rings. The Morgan fingerprint density at radius 2 is 1.75 bits per heavy atom. The van der Waals surface area contributed by atoms with Gasteiger partial charge in [0.05, 0.1) is 0 Å². The van der Waals surface area contributed by atoms with Crippen molar-refractivity contribution in [2.75, 3.05) is 18.0 Å². The molecule has 1 atom stereocenters. The van der Waals surface area contributed by atoms with Crippen LogP contribution in [-0.4, -0.2) is 35.8 Å². The van der Waals surface area contributed by atoms with Crippen LogP contribution < -0.4 is 4.90 Å². The van der Waals surface area contributed by atoms with Crippen molar-refractivity contribution in [3.05, 3.63) is 28.2 Å². The fraction of sp³-hybridized carbons (Fsp3) is 0.429. The van der Waals surface area contributed by atoms with Gasteiger partial charge in [-0.05, 0) is 37.5 Å². The Kier molecular flexibility index (Phi) is 3.61. The number of halogens is 2. The molecule has 0 bridgehead atoms. The molecule has 1 aromatic carbocycles. The standard InChI is InChI=1S/C14H14Cl2N2O2/c15-9-5-10(16)7-11(6-9)18-8-13(19)17-4-2-1-3-12(17)14(18)20/h5-7,12H,1-4,8H2. The molecule has 0 radical (unpaired) electrons.